The number of aromatic nitrogens is 2. The lowest BCUT2D eigenvalue weighted by molar-refractivity contribution is -0.139. The Bertz CT molecular complexity index is 471. The molecule has 1 aromatic rings. The summed E-state index contributed by atoms with van der Waals surface area (Å²) in [5.74, 6) is -0.816. The van der Waals surface area contributed by atoms with Crippen LogP contribution in [-0.4, -0.2) is 52.4 Å². The van der Waals surface area contributed by atoms with Crippen molar-refractivity contribution in [2.24, 2.45) is 5.92 Å². The zero-order valence-corrected chi connectivity index (χ0v) is 11.8. The molecular formula is C13H20N4O4. The fourth-order valence-electron chi connectivity index (χ4n) is 2.29. The van der Waals surface area contributed by atoms with Crippen molar-refractivity contribution >= 4 is 12.0 Å². The normalized spacial score (nSPS) is 20.7. The third-order valence-corrected chi connectivity index (χ3v) is 3.61. The molecule has 1 aromatic heterocycles. The molecule has 3 unspecified atom stereocenters. The third-order valence-electron chi connectivity index (χ3n) is 3.61. The number of H-pyrrole nitrogens is 1. The number of nitrogens with zero attached hydrogens (tertiary/aromatic N) is 1. The molecule has 2 heterocycles. The molecule has 8 heteroatoms. The van der Waals surface area contributed by atoms with Gasteiger partial charge in [-0.25, -0.2) is 14.6 Å². The second-order valence-electron chi connectivity index (χ2n) is 5.20. The summed E-state index contributed by atoms with van der Waals surface area (Å²) in [7, 11) is 0. The molecule has 0 radical (unpaired) electrons. The van der Waals surface area contributed by atoms with Crippen molar-refractivity contribution in [1.29, 1.82) is 0 Å². The summed E-state index contributed by atoms with van der Waals surface area (Å²) >= 11 is 0. The van der Waals surface area contributed by atoms with Gasteiger partial charge in [0.05, 0.1) is 12.9 Å². The van der Waals surface area contributed by atoms with Crippen molar-refractivity contribution in [2.75, 3.05) is 13.2 Å². The predicted molar refractivity (Wildman–Crippen MR) is 73.8 cm³/mol. The molecule has 8 nitrogen and oxygen atoms in total. The number of carboxylic acids is 1. The Kier molecular flexibility index (Phi) is 5.15. The molecule has 1 aliphatic rings. The highest BCUT2D eigenvalue weighted by Gasteiger charge is 2.26. The van der Waals surface area contributed by atoms with Crippen LogP contribution in [0.4, 0.5) is 4.79 Å². The van der Waals surface area contributed by atoms with Gasteiger partial charge in [-0.3, -0.25) is 0 Å². The predicted octanol–water partition coefficient (Wildman–Crippen LogP) is 0.130. The van der Waals surface area contributed by atoms with E-state index in [1.54, 1.807) is 0 Å². The third kappa shape index (κ3) is 4.45. The molecule has 1 aliphatic heterocycles. The molecule has 0 aliphatic carbocycles. The number of amides is 2. The number of aromatic amines is 1. The lowest BCUT2D eigenvalue weighted by Crippen LogP contribution is -2.50. The van der Waals surface area contributed by atoms with E-state index < -0.39 is 18.0 Å². The van der Waals surface area contributed by atoms with E-state index in [9.17, 15) is 9.59 Å². The van der Waals surface area contributed by atoms with Crippen LogP contribution in [0.2, 0.25) is 0 Å². The zero-order chi connectivity index (χ0) is 15.2. The summed E-state index contributed by atoms with van der Waals surface area (Å²) in [5.41, 5.74) is 0.653. The van der Waals surface area contributed by atoms with E-state index >= 15 is 0 Å². The van der Waals surface area contributed by atoms with Crippen LogP contribution >= 0.6 is 0 Å². The number of aliphatic carboxylic acids is 1. The lowest BCUT2D eigenvalue weighted by atomic mass is 10.0. The first-order valence-corrected chi connectivity index (χ1v) is 6.91. The molecule has 1 fully saturated rings. The van der Waals surface area contributed by atoms with Gasteiger partial charge in [0.2, 0.25) is 0 Å². The van der Waals surface area contributed by atoms with Gasteiger partial charge in [-0.05, 0) is 13.3 Å². The largest absolute Gasteiger partial charge is 0.480 e. The number of carbonyl (C=O) groups excluding carboxylic acids is 1. The number of urea groups is 1. The maximum atomic E-state index is 11.9. The second-order valence-corrected chi connectivity index (χ2v) is 5.20. The molecule has 2 amide bonds. The van der Waals surface area contributed by atoms with Crippen LogP contribution in [0.1, 0.15) is 19.0 Å². The fourth-order valence-corrected chi connectivity index (χ4v) is 2.29. The van der Waals surface area contributed by atoms with Crippen molar-refractivity contribution in [1.82, 2.24) is 20.6 Å². The van der Waals surface area contributed by atoms with Crippen molar-refractivity contribution in [3.8, 4) is 0 Å². The SMILES string of the molecule is CC(NC(=O)NC(Cc1cnc[nH]1)C(=O)O)C1CCOC1. The van der Waals surface area contributed by atoms with E-state index in [1.807, 2.05) is 6.92 Å². The van der Waals surface area contributed by atoms with Gasteiger partial charge in [0.15, 0.2) is 0 Å². The smallest absolute Gasteiger partial charge is 0.326 e. The summed E-state index contributed by atoms with van der Waals surface area (Å²) in [6.07, 6.45) is 4.06. The summed E-state index contributed by atoms with van der Waals surface area (Å²) in [4.78, 5) is 29.8. The highest BCUT2D eigenvalue weighted by molar-refractivity contribution is 5.82. The molecule has 0 aromatic carbocycles. The maximum Gasteiger partial charge on any atom is 0.326 e. The first kappa shape index (κ1) is 15.3. The minimum Gasteiger partial charge on any atom is -0.480 e. The van der Waals surface area contributed by atoms with Crippen LogP contribution in [0.25, 0.3) is 0 Å². The molecule has 3 atom stereocenters. The lowest BCUT2D eigenvalue weighted by Gasteiger charge is -2.21. The Balaban J connectivity index is 1.84. The van der Waals surface area contributed by atoms with Crippen LogP contribution in [0, 0.1) is 5.92 Å². The Hall–Kier alpha value is -2.09. The molecule has 0 bridgehead atoms. The van der Waals surface area contributed by atoms with Gasteiger partial charge in [0, 0.05) is 36.9 Å². The molecule has 4 N–H and O–H groups in total. The van der Waals surface area contributed by atoms with Crippen LogP contribution in [0.5, 0.6) is 0 Å². The van der Waals surface area contributed by atoms with Gasteiger partial charge < -0.3 is 25.5 Å². The number of carboxylic acid groups (broad SMARTS) is 1. The molecule has 1 saturated heterocycles. The van der Waals surface area contributed by atoms with Crippen molar-refractivity contribution < 1.29 is 19.4 Å². The van der Waals surface area contributed by atoms with E-state index in [0.717, 1.165) is 6.42 Å². The Morgan fingerprint density at radius 1 is 1.57 bits per heavy atom. The maximum absolute atomic E-state index is 11.9. The molecule has 0 spiro atoms. The highest BCUT2D eigenvalue weighted by Crippen LogP contribution is 2.16. The second kappa shape index (κ2) is 7.07. The monoisotopic (exact) mass is 296 g/mol. The van der Waals surface area contributed by atoms with Gasteiger partial charge in [-0.1, -0.05) is 0 Å². The first-order valence-electron chi connectivity index (χ1n) is 6.91. The van der Waals surface area contributed by atoms with Crippen LogP contribution < -0.4 is 10.6 Å². The molecule has 116 valence electrons. The number of nitrogens with one attached hydrogen (secondary N) is 3. The summed E-state index contributed by atoms with van der Waals surface area (Å²) in [6, 6.07) is -1.55. The Morgan fingerprint density at radius 3 is 2.95 bits per heavy atom. The van der Waals surface area contributed by atoms with E-state index in [4.69, 9.17) is 9.84 Å². The van der Waals surface area contributed by atoms with E-state index in [1.165, 1.54) is 12.5 Å². The van der Waals surface area contributed by atoms with Crippen molar-refractivity contribution in [3.63, 3.8) is 0 Å². The molecular weight excluding hydrogens is 276 g/mol. The minimum absolute atomic E-state index is 0.0610. The van der Waals surface area contributed by atoms with Crippen LogP contribution in [-0.2, 0) is 16.0 Å². The van der Waals surface area contributed by atoms with E-state index in [0.29, 0.717) is 18.9 Å². The molecule has 0 saturated carbocycles. The quantitative estimate of drug-likeness (QED) is 0.595. The number of rotatable bonds is 6. The Morgan fingerprint density at radius 2 is 2.38 bits per heavy atom. The number of ether oxygens (including phenoxy) is 1. The van der Waals surface area contributed by atoms with Crippen molar-refractivity contribution in [3.05, 3.63) is 18.2 Å². The summed E-state index contributed by atoms with van der Waals surface area (Å²) in [6.45, 7) is 3.22. The minimum atomic E-state index is -1.09. The first-order chi connectivity index (χ1) is 10.1. The number of hydrogen-bond acceptors (Lipinski definition) is 4. The number of carbonyl (C=O) groups is 2. The van der Waals surface area contributed by atoms with Gasteiger partial charge >= 0.3 is 12.0 Å². The van der Waals surface area contributed by atoms with Gasteiger partial charge in [0.1, 0.15) is 6.04 Å². The highest BCUT2D eigenvalue weighted by atomic mass is 16.5. The number of hydrogen-bond donors (Lipinski definition) is 4. The van der Waals surface area contributed by atoms with Crippen molar-refractivity contribution in [2.45, 2.75) is 31.8 Å². The molecule has 2 rings (SSSR count). The van der Waals surface area contributed by atoms with E-state index in [-0.39, 0.29) is 18.4 Å². The zero-order valence-electron chi connectivity index (χ0n) is 11.8. The topological polar surface area (TPSA) is 116 Å². The summed E-state index contributed by atoms with van der Waals surface area (Å²) in [5, 5.41) is 14.4. The Labute approximate surface area is 122 Å². The van der Waals surface area contributed by atoms with Crippen LogP contribution in [0.15, 0.2) is 12.5 Å². The van der Waals surface area contributed by atoms with Gasteiger partial charge in [-0.15, -0.1) is 0 Å². The fraction of sp³-hybridized carbons (Fsp3) is 0.615. The summed E-state index contributed by atoms with van der Waals surface area (Å²) < 4.78 is 5.27. The number of imidazole rings is 1. The van der Waals surface area contributed by atoms with E-state index in [2.05, 4.69) is 20.6 Å². The average molecular weight is 296 g/mol. The average Bonchev–Trinajstić information content (AvgIpc) is 3.10. The van der Waals surface area contributed by atoms with Gasteiger partial charge in [-0.2, -0.15) is 0 Å². The van der Waals surface area contributed by atoms with Crippen LogP contribution in [0.3, 0.4) is 0 Å². The molecule has 21 heavy (non-hydrogen) atoms. The van der Waals surface area contributed by atoms with Gasteiger partial charge in [0.25, 0.3) is 0 Å². The standard InChI is InChI=1S/C13H20N4O4/c1-8(9-2-3-21-6-9)16-13(20)17-11(12(18)19)4-10-5-14-7-15-10/h5,7-9,11H,2-4,6H2,1H3,(H,14,15)(H,18,19)(H2,16,17,20).